The number of rotatable bonds is 6. The Labute approximate surface area is 151 Å². The van der Waals surface area contributed by atoms with Crippen molar-refractivity contribution in [1.29, 1.82) is 0 Å². The fourth-order valence-electron chi connectivity index (χ4n) is 2.82. The molecule has 0 bridgehead atoms. The molecule has 0 aliphatic rings. The Kier molecular flexibility index (Phi) is 5.35. The smallest absolute Gasteiger partial charge is 0.291 e. The molecular formula is C21H18FNO3. The molecule has 2 aromatic carbocycles. The van der Waals surface area contributed by atoms with Crippen molar-refractivity contribution in [2.24, 2.45) is 0 Å². The summed E-state index contributed by atoms with van der Waals surface area (Å²) in [5, 5.41) is 0.833. The Morgan fingerprint density at radius 1 is 1.23 bits per heavy atom. The number of terminal acetylenes is 1. The van der Waals surface area contributed by atoms with E-state index >= 15 is 0 Å². The third-order valence-corrected chi connectivity index (χ3v) is 4.04. The van der Waals surface area contributed by atoms with E-state index in [0.717, 1.165) is 10.9 Å². The highest BCUT2D eigenvalue weighted by Gasteiger charge is 2.25. The molecule has 1 aromatic heterocycles. The summed E-state index contributed by atoms with van der Waals surface area (Å²) in [6, 6.07) is 13.4. The first-order chi connectivity index (χ1) is 12.6. The van der Waals surface area contributed by atoms with Gasteiger partial charge in [-0.3, -0.25) is 4.79 Å². The molecule has 26 heavy (non-hydrogen) atoms. The number of hydrogen-bond donors (Lipinski definition) is 0. The highest BCUT2D eigenvalue weighted by Crippen LogP contribution is 2.28. The summed E-state index contributed by atoms with van der Waals surface area (Å²) in [5.74, 6) is 2.05. The van der Waals surface area contributed by atoms with E-state index in [9.17, 15) is 9.18 Å². The number of hydrogen-bond acceptors (Lipinski definition) is 3. The number of carbonyl (C=O) groups is 1. The molecule has 0 unspecified atom stereocenters. The van der Waals surface area contributed by atoms with Gasteiger partial charge in [0.05, 0.1) is 13.2 Å². The molecule has 0 N–H and O–H groups in total. The van der Waals surface area contributed by atoms with Crippen LogP contribution in [0, 0.1) is 18.2 Å². The lowest BCUT2D eigenvalue weighted by Gasteiger charge is -2.20. The predicted molar refractivity (Wildman–Crippen MR) is 96.9 cm³/mol. The van der Waals surface area contributed by atoms with Crippen LogP contribution >= 0.6 is 0 Å². The van der Waals surface area contributed by atoms with E-state index in [1.54, 1.807) is 25.3 Å². The minimum atomic E-state index is -0.330. The summed E-state index contributed by atoms with van der Waals surface area (Å²) in [7, 11) is 1.56. The molecule has 0 aliphatic carbocycles. The van der Waals surface area contributed by atoms with E-state index in [1.807, 2.05) is 18.2 Å². The Hall–Kier alpha value is -3.10. The fraction of sp³-hybridized carbons (Fsp3) is 0.190. The molecule has 0 radical (unpaired) electrons. The largest absolute Gasteiger partial charge is 0.451 e. The third kappa shape index (κ3) is 3.61. The van der Waals surface area contributed by atoms with Crippen LogP contribution in [-0.4, -0.2) is 24.5 Å². The Balaban J connectivity index is 1.96. The third-order valence-electron chi connectivity index (χ3n) is 4.04. The molecule has 3 rings (SSSR count). The molecule has 0 saturated carbocycles. The van der Waals surface area contributed by atoms with E-state index in [0.29, 0.717) is 11.1 Å². The molecule has 1 amide bonds. The van der Waals surface area contributed by atoms with Gasteiger partial charge in [-0.25, -0.2) is 4.39 Å². The first kappa shape index (κ1) is 17.7. The van der Waals surface area contributed by atoms with Crippen LogP contribution < -0.4 is 0 Å². The zero-order chi connectivity index (χ0) is 18.5. The summed E-state index contributed by atoms with van der Waals surface area (Å²) in [4.78, 5) is 14.6. The van der Waals surface area contributed by atoms with Gasteiger partial charge in [-0.1, -0.05) is 36.3 Å². The van der Waals surface area contributed by atoms with Gasteiger partial charge >= 0.3 is 0 Å². The summed E-state index contributed by atoms with van der Waals surface area (Å²) < 4.78 is 24.2. The van der Waals surface area contributed by atoms with E-state index in [2.05, 4.69) is 5.92 Å². The zero-order valence-electron chi connectivity index (χ0n) is 14.4. The second-order valence-corrected chi connectivity index (χ2v) is 5.83. The number of nitrogens with zero attached hydrogens (tertiary/aromatic N) is 1. The molecule has 0 atom stereocenters. The SMILES string of the molecule is C#CCN(Cc1ccc(F)cc1)C(=O)c1oc2ccccc2c1COC. The fourth-order valence-corrected chi connectivity index (χ4v) is 2.82. The van der Waals surface area contributed by atoms with Gasteiger partial charge in [0.15, 0.2) is 5.76 Å². The summed E-state index contributed by atoms with van der Waals surface area (Å²) in [6.45, 7) is 0.616. The molecule has 1 heterocycles. The monoisotopic (exact) mass is 351 g/mol. The minimum absolute atomic E-state index is 0.111. The Morgan fingerprint density at radius 2 is 1.96 bits per heavy atom. The van der Waals surface area contributed by atoms with E-state index < -0.39 is 0 Å². The Bertz CT molecular complexity index is 954. The van der Waals surface area contributed by atoms with Crippen molar-refractivity contribution in [2.45, 2.75) is 13.2 Å². The Morgan fingerprint density at radius 3 is 2.65 bits per heavy atom. The highest BCUT2D eigenvalue weighted by molar-refractivity contribution is 5.99. The van der Waals surface area contributed by atoms with E-state index in [-0.39, 0.29) is 37.2 Å². The molecular weight excluding hydrogens is 333 g/mol. The number of halogens is 1. The van der Waals surface area contributed by atoms with Gasteiger partial charge in [0, 0.05) is 24.6 Å². The van der Waals surface area contributed by atoms with Crippen LogP contribution in [0.3, 0.4) is 0 Å². The first-order valence-electron chi connectivity index (χ1n) is 8.10. The van der Waals surface area contributed by atoms with Gasteiger partial charge < -0.3 is 14.1 Å². The van der Waals surface area contributed by atoms with Crippen molar-refractivity contribution in [2.75, 3.05) is 13.7 Å². The van der Waals surface area contributed by atoms with Crippen LogP contribution in [0.5, 0.6) is 0 Å². The van der Waals surface area contributed by atoms with Gasteiger partial charge in [-0.05, 0) is 23.8 Å². The van der Waals surface area contributed by atoms with Crippen molar-refractivity contribution >= 4 is 16.9 Å². The van der Waals surface area contributed by atoms with Crippen LogP contribution in [0.2, 0.25) is 0 Å². The summed E-state index contributed by atoms with van der Waals surface area (Å²) in [6.07, 6.45) is 5.44. The molecule has 3 aromatic rings. The zero-order valence-corrected chi connectivity index (χ0v) is 14.4. The van der Waals surface area contributed by atoms with Gasteiger partial charge in [0.2, 0.25) is 0 Å². The van der Waals surface area contributed by atoms with Crippen molar-refractivity contribution in [3.05, 3.63) is 71.2 Å². The maximum Gasteiger partial charge on any atom is 0.291 e. The molecule has 0 fully saturated rings. The maximum absolute atomic E-state index is 13.1. The summed E-state index contributed by atoms with van der Waals surface area (Å²) >= 11 is 0. The predicted octanol–water partition coefficient (Wildman–Crippen LogP) is 3.99. The number of furan rings is 1. The second kappa shape index (κ2) is 7.85. The lowest BCUT2D eigenvalue weighted by molar-refractivity contribution is 0.0729. The highest BCUT2D eigenvalue weighted by atomic mass is 19.1. The maximum atomic E-state index is 13.1. The van der Waals surface area contributed by atoms with Gasteiger partial charge in [0.25, 0.3) is 5.91 Å². The van der Waals surface area contributed by atoms with Crippen LogP contribution in [0.1, 0.15) is 21.7 Å². The average Bonchev–Trinajstić information content (AvgIpc) is 3.02. The number of para-hydroxylation sites is 1. The number of carbonyl (C=O) groups excluding carboxylic acids is 1. The second-order valence-electron chi connectivity index (χ2n) is 5.83. The van der Waals surface area contributed by atoms with Crippen LogP contribution in [0.25, 0.3) is 11.0 Å². The van der Waals surface area contributed by atoms with Crippen molar-refractivity contribution in [3.8, 4) is 12.3 Å². The molecule has 0 saturated heterocycles. The van der Waals surface area contributed by atoms with Crippen molar-refractivity contribution in [1.82, 2.24) is 4.90 Å². The minimum Gasteiger partial charge on any atom is -0.451 e. The van der Waals surface area contributed by atoms with E-state index in [4.69, 9.17) is 15.6 Å². The van der Waals surface area contributed by atoms with Gasteiger partial charge in [-0.15, -0.1) is 6.42 Å². The summed E-state index contributed by atoms with van der Waals surface area (Å²) in [5.41, 5.74) is 2.08. The van der Waals surface area contributed by atoms with Crippen LogP contribution in [-0.2, 0) is 17.9 Å². The number of benzene rings is 2. The standard InChI is InChI=1S/C21H18FNO3/c1-3-12-23(13-15-8-10-16(22)11-9-15)21(24)20-18(14-25-2)17-6-4-5-7-19(17)26-20/h1,4-11H,12-14H2,2H3. The molecule has 132 valence electrons. The molecule has 5 heteroatoms. The topological polar surface area (TPSA) is 42.7 Å². The number of methoxy groups -OCH3 is 1. The van der Waals surface area contributed by atoms with E-state index in [1.165, 1.54) is 17.0 Å². The average molecular weight is 351 g/mol. The van der Waals surface area contributed by atoms with Crippen LogP contribution in [0.15, 0.2) is 52.9 Å². The lowest BCUT2D eigenvalue weighted by atomic mass is 10.1. The van der Waals surface area contributed by atoms with Gasteiger partial charge in [-0.2, -0.15) is 0 Å². The lowest BCUT2D eigenvalue weighted by Crippen LogP contribution is -2.31. The van der Waals surface area contributed by atoms with Gasteiger partial charge in [0.1, 0.15) is 11.4 Å². The van der Waals surface area contributed by atoms with Crippen LogP contribution in [0.4, 0.5) is 4.39 Å². The normalized spacial score (nSPS) is 10.7. The first-order valence-corrected chi connectivity index (χ1v) is 8.10. The number of ether oxygens (including phenoxy) is 1. The number of fused-ring (bicyclic) bond motifs is 1. The quantitative estimate of drug-likeness (QED) is 0.631. The molecule has 0 spiro atoms. The number of amides is 1. The molecule has 4 nitrogen and oxygen atoms in total. The molecule has 0 aliphatic heterocycles. The van der Waals surface area contributed by atoms with Crippen molar-refractivity contribution in [3.63, 3.8) is 0 Å². The van der Waals surface area contributed by atoms with Crippen molar-refractivity contribution < 1.29 is 18.3 Å².